The van der Waals surface area contributed by atoms with Crippen molar-refractivity contribution >= 4 is 33.7 Å². The van der Waals surface area contributed by atoms with E-state index in [4.69, 9.17) is 24.4 Å². The Hall–Kier alpha value is -6.28. The molecule has 293 valence electrons. The fourth-order valence-corrected chi connectivity index (χ4v) is 8.32. The van der Waals surface area contributed by atoms with Gasteiger partial charge in [-0.15, -0.1) is 16.3 Å². The van der Waals surface area contributed by atoms with Gasteiger partial charge in [0.05, 0.1) is 22.8 Å². The molecule has 1 N–H and O–H groups in total. The molecular weight excluding hydrogens is 820 g/mol. The average Bonchev–Trinajstić information content (AvgIpc) is 4.11. The second-order valence-electron chi connectivity index (χ2n) is 14.8. The van der Waals surface area contributed by atoms with E-state index < -0.39 is 11.7 Å². The van der Waals surface area contributed by atoms with Gasteiger partial charge in [-0.25, -0.2) is 11.1 Å². The van der Waals surface area contributed by atoms with Gasteiger partial charge in [0.25, 0.3) is 0 Å². The van der Waals surface area contributed by atoms with Crippen LogP contribution in [-0.2, 0) is 37.6 Å². The van der Waals surface area contributed by atoms with Crippen molar-refractivity contribution in [3.05, 3.63) is 237 Å². The summed E-state index contributed by atoms with van der Waals surface area (Å²) in [6.45, 7) is 6.59. The molecule has 6 aromatic rings. The van der Waals surface area contributed by atoms with Crippen molar-refractivity contribution in [1.82, 2.24) is 9.97 Å². The van der Waals surface area contributed by atoms with E-state index in [1.165, 1.54) is 11.1 Å². The van der Waals surface area contributed by atoms with Crippen molar-refractivity contribution in [3.8, 4) is 0 Å². The maximum Gasteiger partial charge on any atom is 0.242 e. The predicted molar refractivity (Wildman–Crippen MR) is 232 cm³/mol. The Bertz CT molecular complexity index is 2910. The molecular formula is C52H40AgN4O2-2. The maximum absolute atomic E-state index is 7.31. The molecule has 0 amide bonds. The quantitative estimate of drug-likeness (QED) is 0.129. The molecule has 0 saturated heterocycles. The van der Waals surface area contributed by atoms with E-state index >= 15 is 0 Å². The fraction of sp³-hybridized carbons (Fsp3) is 0.115. The molecule has 0 saturated carbocycles. The third kappa shape index (κ3) is 6.84. The molecule has 4 aromatic carbocycles. The minimum atomic E-state index is -1.31. The Morgan fingerprint density at radius 3 is 1.73 bits per heavy atom. The van der Waals surface area contributed by atoms with Gasteiger partial charge < -0.3 is 19.4 Å². The molecule has 2 atom stereocenters. The van der Waals surface area contributed by atoms with Gasteiger partial charge in [0.15, 0.2) is 0 Å². The standard InChI is InChI=1S/C52H40N4O2.Ag/c1-4-57-52(47-16-11-31-53-47)39-32-46(58-52)51(36-14-9-6-10-15-36)45-30-29-44(56-45)50(38-23-19-34(3)20-24-38)43-28-27-42(55-43)49(37-21-17-33(2)18-22-37)41-26-25-40(54-41)48(39)35-12-7-5-8-13-35;/h5-31,39,53H,4H2,1-3H3;/q-2;. The number of ether oxygens (including phenoxy) is 2. The number of aliphatic imine (C=N–C) groups is 2. The van der Waals surface area contributed by atoms with Crippen LogP contribution in [0.3, 0.4) is 0 Å². The smallest absolute Gasteiger partial charge is 0.242 e. The summed E-state index contributed by atoms with van der Waals surface area (Å²) in [5, 5.41) is 1.66. The van der Waals surface area contributed by atoms with E-state index in [1.54, 1.807) is 0 Å². The van der Waals surface area contributed by atoms with Gasteiger partial charge in [-0.1, -0.05) is 144 Å². The summed E-state index contributed by atoms with van der Waals surface area (Å²) in [6, 6.07) is 46.0. The SMILES string of the molecule is CCOC1(c2ccc[nH]2)OC2=[C-]C1C(c1ccccc1)=C1C=CC(=N1)C(c1ccc(C)cc1)=c1ccc([n-]1)=C(c1ccc(C)cc1)C1=NC(=C2c2ccccc2)C=C1.[Ag]. The van der Waals surface area contributed by atoms with Crippen molar-refractivity contribution < 1.29 is 31.9 Å². The second kappa shape index (κ2) is 15.8. The van der Waals surface area contributed by atoms with E-state index in [1.807, 2.05) is 49.5 Å². The number of rotatable bonds is 7. The first-order chi connectivity index (χ1) is 28.5. The number of aromatic amines is 1. The number of fused-ring (bicyclic) bond motifs is 5. The van der Waals surface area contributed by atoms with Crippen LogP contribution in [0.5, 0.6) is 0 Å². The summed E-state index contributed by atoms with van der Waals surface area (Å²) in [7, 11) is 0. The van der Waals surface area contributed by atoms with Crippen LogP contribution in [0.1, 0.15) is 46.0 Å². The van der Waals surface area contributed by atoms with Crippen molar-refractivity contribution in [2.45, 2.75) is 26.6 Å². The number of benzene rings is 4. The molecule has 6 heterocycles. The molecule has 8 bridgehead atoms. The summed E-state index contributed by atoms with van der Waals surface area (Å²) in [5.41, 5.74) is 13.9. The van der Waals surface area contributed by atoms with Gasteiger partial charge >= 0.3 is 0 Å². The number of aryl methyl sites for hydroxylation is 2. The third-order valence-corrected chi connectivity index (χ3v) is 11.1. The summed E-state index contributed by atoms with van der Waals surface area (Å²) in [5.74, 6) is -1.33. The summed E-state index contributed by atoms with van der Waals surface area (Å²) < 4.78 is 14.2. The fourth-order valence-electron chi connectivity index (χ4n) is 8.32. The number of aromatic nitrogens is 2. The Kier molecular flexibility index (Phi) is 10.3. The van der Waals surface area contributed by atoms with E-state index in [9.17, 15) is 0 Å². The van der Waals surface area contributed by atoms with Crippen molar-refractivity contribution in [2.24, 2.45) is 15.9 Å². The third-order valence-electron chi connectivity index (χ3n) is 11.1. The van der Waals surface area contributed by atoms with E-state index in [0.717, 1.165) is 83.8 Å². The minimum Gasteiger partial charge on any atom is -0.657 e. The van der Waals surface area contributed by atoms with Crippen LogP contribution >= 0.6 is 0 Å². The van der Waals surface area contributed by atoms with Crippen molar-refractivity contribution in [2.75, 3.05) is 6.61 Å². The maximum atomic E-state index is 7.31. The largest absolute Gasteiger partial charge is 0.657 e. The summed E-state index contributed by atoms with van der Waals surface area (Å²) in [4.78, 5) is 19.8. The van der Waals surface area contributed by atoms with Crippen LogP contribution in [0.25, 0.3) is 22.3 Å². The van der Waals surface area contributed by atoms with Crippen LogP contribution in [0.15, 0.2) is 191 Å². The first-order valence-electron chi connectivity index (χ1n) is 19.8. The predicted octanol–water partition coefficient (Wildman–Crippen LogP) is 9.07. The molecule has 2 unspecified atom stereocenters. The van der Waals surface area contributed by atoms with Crippen LogP contribution in [0.2, 0.25) is 0 Å². The second-order valence-corrected chi connectivity index (χ2v) is 14.8. The summed E-state index contributed by atoms with van der Waals surface area (Å²) >= 11 is 0. The molecule has 2 aromatic heterocycles. The van der Waals surface area contributed by atoms with Crippen molar-refractivity contribution in [3.63, 3.8) is 0 Å². The molecule has 10 rings (SSSR count). The zero-order valence-corrected chi connectivity index (χ0v) is 34.3. The summed E-state index contributed by atoms with van der Waals surface area (Å²) in [6.07, 6.45) is 14.2. The van der Waals surface area contributed by atoms with Gasteiger partial charge in [-0.2, -0.15) is 0 Å². The van der Waals surface area contributed by atoms with Crippen LogP contribution in [0.4, 0.5) is 0 Å². The van der Waals surface area contributed by atoms with Crippen molar-refractivity contribution in [1.29, 1.82) is 0 Å². The minimum absolute atomic E-state index is 0. The number of nitrogens with zero attached hydrogens (tertiary/aromatic N) is 3. The molecule has 59 heavy (non-hydrogen) atoms. The van der Waals surface area contributed by atoms with Gasteiger partial charge in [0.1, 0.15) is 0 Å². The molecule has 0 aliphatic carbocycles. The monoisotopic (exact) mass is 859 g/mol. The molecule has 4 aliphatic rings. The van der Waals surface area contributed by atoms with E-state index in [-0.39, 0.29) is 22.4 Å². The zero-order chi connectivity index (χ0) is 39.2. The molecule has 0 spiro atoms. The number of nitrogens with one attached hydrogen (secondary N) is 1. The van der Waals surface area contributed by atoms with Crippen LogP contribution in [0, 0.1) is 25.8 Å². The Labute approximate surface area is 359 Å². The Morgan fingerprint density at radius 1 is 0.627 bits per heavy atom. The van der Waals surface area contributed by atoms with Gasteiger partial charge in [-0.3, -0.25) is 4.99 Å². The molecule has 4 aliphatic heterocycles. The number of H-pyrrole nitrogens is 1. The molecule has 7 heteroatoms. The molecule has 1 radical (unpaired) electrons. The Balaban J connectivity index is 0.00000449. The van der Waals surface area contributed by atoms with Gasteiger partial charge in [-0.05, 0) is 96.0 Å². The van der Waals surface area contributed by atoms with E-state index in [0.29, 0.717) is 12.4 Å². The zero-order valence-electron chi connectivity index (χ0n) is 32.8. The van der Waals surface area contributed by atoms with Crippen LogP contribution in [-0.4, -0.2) is 23.0 Å². The van der Waals surface area contributed by atoms with E-state index in [2.05, 4.69) is 146 Å². The molecule has 6 nitrogen and oxygen atoms in total. The van der Waals surface area contributed by atoms with Gasteiger partial charge in [0.2, 0.25) is 5.79 Å². The topological polar surface area (TPSA) is 73.1 Å². The van der Waals surface area contributed by atoms with Gasteiger partial charge in [0, 0.05) is 41.1 Å². The Morgan fingerprint density at radius 2 is 1.17 bits per heavy atom. The first kappa shape index (κ1) is 38.3. The number of allylic oxidation sites excluding steroid dienone is 5. The average molecular weight is 861 g/mol. The normalized spacial score (nSPS) is 19.4. The molecule has 0 fully saturated rings. The number of hydrogen-bond donors (Lipinski definition) is 1. The first-order valence-corrected chi connectivity index (χ1v) is 19.8. The number of hydrogen-bond acceptors (Lipinski definition) is 4. The van der Waals surface area contributed by atoms with Crippen LogP contribution < -0.4 is 15.7 Å².